The molecule has 0 aromatic carbocycles. The van der Waals surface area contributed by atoms with Crippen molar-refractivity contribution in [3.05, 3.63) is 21.6 Å². The first kappa shape index (κ1) is 14.6. The van der Waals surface area contributed by atoms with Crippen LogP contribution in [0.25, 0.3) is 0 Å². The molecule has 7 heteroatoms. The molecule has 0 saturated carbocycles. The molecule has 2 rings (SSSR count). The molecule has 1 N–H and O–H groups in total. The van der Waals surface area contributed by atoms with Crippen LogP contribution in [0, 0.1) is 12.3 Å². The van der Waals surface area contributed by atoms with Crippen LogP contribution in [0.5, 0.6) is 0 Å². The second-order valence-electron chi connectivity index (χ2n) is 3.98. The fourth-order valence-corrected chi connectivity index (χ4v) is 4.50. The normalized spacial score (nSPS) is 18.8. The molecule has 1 aromatic rings. The number of thioether (sulfide) groups is 2. The summed E-state index contributed by atoms with van der Waals surface area (Å²) in [4.78, 5) is 12.1. The zero-order valence-corrected chi connectivity index (χ0v) is 12.7. The Morgan fingerprint density at radius 2 is 2.47 bits per heavy atom. The van der Waals surface area contributed by atoms with E-state index in [2.05, 4.69) is 16.3 Å². The van der Waals surface area contributed by atoms with Gasteiger partial charge in [0.05, 0.1) is 11.2 Å². The van der Waals surface area contributed by atoms with Gasteiger partial charge in [0.1, 0.15) is 12.2 Å². The maximum Gasteiger partial charge on any atom is 0.292 e. The van der Waals surface area contributed by atoms with Gasteiger partial charge in [-0.05, 0) is 0 Å². The quantitative estimate of drug-likeness (QED) is 0.858. The lowest BCUT2D eigenvalue weighted by Crippen LogP contribution is -2.29. The summed E-state index contributed by atoms with van der Waals surface area (Å²) >= 11 is 9.88. The highest BCUT2D eigenvalue weighted by Gasteiger charge is 2.16. The summed E-state index contributed by atoms with van der Waals surface area (Å²) in [6.07, 6.45) is 6.65. The first-order chi connectivity index (χ1) is 9.22. The van der Waals surface area contributed by atoms with Crippen LogP contribution in [0.4, 0.5) is 5.69 Å². The molecular weight excluding hydrogens is 302 g/mol. The second kappa shape index (κ2) is 7.13. The number of nitrogens with one attached hydrogen (secondary N) is 1. The predicted molar refractivity (Wildman–Crippen MR) is 84.4 cm³/mol. The topological polar surface area (TPSA) is 46.9 Å². The summed E-state index contributed by atoms with van der Waals surface area (Å²) in [6.45, 7) is 0.880. The van der Waals surface area contributed by atoms with Crippen molar-refractivity contribution in [3.8, 4) is 12.3 Å². The van der Waals surface area contributed by atoms with Crippen molar-refractivity contribution in [2.75, 3.05) is 29.1 Å². The zero-order chi connectivity index (χ0) is 13.7. The Labute approximate surface area is 125 Å². The molecule has 1 aliphatic rings. The average molecular weight is 316 g/mol. The van der Waals surface area contributed by atoms with E-state index in [0.29, 0.717) is 16.0 Å². The van der Waals surface area contributed by atoms with Crippen LogP contribution in [0.2, 0.25) is 5.02 Å². The van der Waals surface area contributed by atoms with E-state index in [1.54, 1.807) is 0 Å². The molecule has 1 unspecified atom stereocenters. The SMILES string of the molecule is C#CCn1ncc(Cl)c(NCC2CSCCS2)c1=O. The fourth-order valence-electron chi connectivity index (χ4n) is 1.70. The maximum absolute atomic E-state index is 12.1. The van der Waals surface area contributed by atoms with Gasteiger partial charge < -0.3 is 5.32 Å². The van der Waals surface area contributed by atoms with Crippen molar-refractivity contribution < 1.29 is 0 Å². The Bertz CT molecular complexity index is 535. The molecule has 0 radical (unpaired) electrons. The van der Waals surface area contributed by atoms with E-state index >= 15 is 0 Å². The highest BCUT2D eigenvalue weighted by Crippen LogP contribution is 2.24. The van der Waals surface area contributed by atoms with Crippen molar-refractivity contribution >= 4 is 40.8 Å². The third-order valence-corrected chi connectivity index (χ3v) is 5.76. The second-order valence-corrected chi connectivity index (χ2v) is 6.95. The van der Waals surface area contributed by atoms with Gasteiger partial charge in [0.25, 0.3) is 5.56 Å². The Hall–Kier alpha value is -0.770. The number of nitrogens with zero attached hydrogens (tertiary/aromatic N) is 2. The van der Waals surface area contributed by atoms with E-state index in [4.69, 9.17) is 18.0 Å². The van der Waals surface area contributed by atoms with Gasteiger partial charge in [-0.2, -0.15) is 28.6 Å². The molecule has 1 aliphatic heterocycles. The van der Waals surface area contributed by atoms with Crippen molar-refractivity contribution in [3.63, 3.8) is 0 Å². The Morgan fingerprint density at radius 3 is 3.16 bits per heavy atom. The highest BCUT2D eigenvalue weighted by atomic mass is 35.5. The van der Waals surface area contributed by atoms with E-state index in [1.165, 1.54) is 16.6 Å². The van der Waals surface area contributed by atoms with Crippen molar-refractivity contribution in [1.29, 1.82) is 0 Å². The molecular formula is C12H14ClN3OS2. The van der Waals surface area contributed by atoms with Crippen LogP contribution in [0.1, 0.15) is 0 Å². The van der Waals surface area contributed by atoms with Crippen molar-refractivity contribution in [1.82, 2.24) is 9.78 Å². The summed E-state index contributed by atoms with van der Waals surface area (Å²) < 4.78 is 1.23. The number of rotatable bonds is 4. The summed E-state index contributed by atoms with van der Waals surface area (Å²) in [5.41, 5.74) is 0.127. The van der Waals surface area contributed by atoms with Gasteiger partial charge in [0, 0.05) is 29.1 Å². The predicted octanol–water partition coefficient (Wildman–Crippen LogP) is 1.79. The smallest absolute Gasteiger partial charge is 0.292 e. The van der Waals surface area contributed by atoms with Gasteiger partial charge in [0.15, 0.2) is 0 Å². The minimum absolute atomic E-state index is 0.152. The lowest BCUT2D eigenvalue weighted by molar-refractivity contribution is 0.664. The molecule has 4 nitrogen and oxygen atoms in total. The Morgan fingerprint density at radius 1 is 1.63 bits per heavy atom. The van der Waals surface area contributed by atoms with Crippen LogP contribution < -0.4 is 10.9 Å². The molecule has 1 aromatic heterocycles. The summed E-state index contributed by atoms with van der Waals surface area (Å²) in [5, 5.41) is 7.89. The lowest BCUT2D eigenvalue weighted by atomic mass is 10.4. The van der Waals surface area contributed by atoms with Gasteiger partial charge in [-0.15, -0.1) is 6.42 Å². The zero-order valence-electron chi connectivity index (χ0n) is 10.3. The van der Waals surface area contributed by atoms with E-state index in [0.717, 1.165) is 18.1 Å². The van der Waals surface area contributed by atoms with Crippen molar-refractivity contribution in [2.45, 2.75) is 11.8 Å². The molecule has 1 saturated heterocycles. The third-order valence-electron chi connectivity index (χ3n) is 2.63. The van der Waals surface area contributed by atoms with Crippen LogP contribution >= 0.6 is 35.1 Å². The number of hydrogen-bond donors (Lipinski definition) is 1. The van der Waals surface area contributed by atoms with E-state index < -0.39 is 0 Å². The van der Waals surface area contributed by atoms with E-state index in [1.807, 2.05) is 23.5 Å². The standard InChI is InChI=1S/C12H14ClN3OS2/c1-2-3-16-12(17)11(10(13)7-15-16)14-6-9-8-18-4-5-19-9/h1,7,9,14H,3-6,8H2. The Balaban J connectivity index is 2.08. The van der Waals surface area contributed by atoms with Crippen LogP contribution in [-0.4, -0.2) is 38.8 Å². The lowest BCUT2D eigenvalue weighted by Gasteiger charge is -2.21. The minimum Gasteiger partial charge on any atom is -0.378 e. The summed E-state index contributed by atoms with van der Waals surface area (Å²) in [7, 11) is 0. The third kappa shape index (κ3) is 3.85. The van der Waals surface area contributed by atoms with Gasteiger partial charge in [-0.25, -0.2) is 4.68 Å². The minimum atomic E-state index is -0.265. The molecule has 1 atom stereocenters. The molecule has 2 heterocycles. The molecule has 19 heavy (non-hydrogen) atoms. The largest absolute Gasteiger partial charge is 0.378 e. The van der Waals surface area contributed by atoms with Crippen molar-refractivity contribution in [2.24, 2.45) is 0 Å². The summed E-state index contributed by atoms with van der Waals surface area (Å²) in [5.74, 6) is 5.85. The van der Waals surface area contributed by atoms with Gasteiger partial charge in [-0.3, -0.25) is 4.79 Å². The fraction of sp³-hybridized carbons (Fsp3) is 0.500. The number of anilines is 1. The molecule has 0 aliphatic carbocycles. The van der Waals surface area contributed by atoms with Gasteiger partial charge >= 0.3 is 0 Å². The molecule has 0 amide bonds. The van der Waals surface area contributed by atoms with Gasteiger partial charge in [0.2, 0.25) is 0 Å². The summed E-state index contributed by atoms with van der Waals surface area (Å²) in [6, 6.07) is 0. The number of aromatic nitrogens is 2. The highest BCUT2D eigenvalue weighted by molar-refractivity contribution is 8.06. The first-order valence-electron chi connectivity index (χ1n) is 5.84. The number of terminal acetylenes is 1. The Kier molecular flexibility index (Phi) is 5.49. The van der Waals surface area contributed by atoms with Crippen LogP contribution in [0.15, 0.2) is 11.0 Å². The average Bonchev–Trinajstić information content (AvgIpc) is 2.43. The van der Waals surface area contributed by atoms with Gasteiger partial charge in [-0.1, -0.05) is 17.5 Å². The molecule has 0 spiro atoms. The number of hydrogen-bond acceptors (Lipinski definition) is 5. The van der Waals surface area contributed by atoms with Crippen LogP contribution in [0.3, 0.4) is 0 Å². The van der Waals surface area contributed by atoms with E-state index in [-0.39, 0.29) is 12.1 Å². The first-order valence-corrected chi connectivity index (χ1v) is 8.43. The van der Waals surface area contributed by atoms with E-state index in [9.17, 15) is 4.79 Å². The number of halogens is 1. The maximum atomic E-state index is 12.1. The van der Waals surface area contributed by atoms with Crippen LogP contribution in [-0.2, 0) is 6.54 Å². The monoisotopic (exact) mass is 315 g/mol. The molecule has 1 fully saturated rings. The molecule has 0 bridgehead atoms. The molecule has 102 valence electrons.